The number of piperidine rings is 1. The average Bonchev–Trinajstić information content (AvgIpc) is 3.33. The summed E-state index contributed by atoms with van der Waals surface area (Å²) in [6.45, 7) is 3.53. The third-order valence-corrected chi connectivity index (χ3v) is 8.33. The Morgan fingerprint density at radius 2 is 1.94 bits per heavy atom. The fraction of sp³-hybridized carbons (Fsp3) is 0.440. The average molecular weight is 517 g/mol. The minimum absolute atomic E-state index is 0.0795. The van der Waals surface area contributed by atoms with Gasteiger partial charge in [-0.2, -0.15) is 5.10 Å². The van der Waals surface area contributed by atoms with E-state index in [4.69, 9.17) is 16.3 Å². The van der Waals surface area contributed by atoms with Crippen LogP contribution in [0.25, 0.3) is 10.9 Å². The second-order valence-corrected chi connectivity index (χ2v) is 12.2. The highest BCUT2D eigenvalue weighted by Crippen LogP contribution is 2.45. The van der Waals surface area contributed by atoms with Crippen molar-refractivity contribution in [2.45, 2.75) is 31.2 Å². The Morgan fingerprint density at radius 3 is 2.71 bits per heavy atom. The Bertz CT molecular complexity index is 1360. The van der Waals surface area contributed by atoms with Gasteiger partial charge < -0.3 is 10.1 Å². The van der Waals surface area contributed by atoms with Crippen LogP contribution in [0.5, 0.6) is 5.75 Å². The minimum Gasteiger partial charge on any atom is -0.492 e. The van der Waals surface area contributed by atoms with E-state index in [1.54, 1.807) is 6.20 Å². The molecule has 0 bridgehead atoms. The summed E-state index contributed by atoms with van der Waals surface area (Å²) >= 11 is 6.21. The molecule has 1 aromatic heterocycles. The van der Waals surface area contributed by atoms with Gasteiger partial charge in [-0.25, -0.2) is 8.42 Å². The lowest BCUT2D eigenvalue weighted by Crippen LogP contribution is -2.47. The summed E-state index contributed by atoms with van der Waals surface area (Å²) in [6, 6.07) is 11.5. The molecule has 186 valence electrons. The minimum atomic E-state index is -2.97. The maximum absolute atomic E-state index is 12.8. The van der Waals surface area contributed by atoms with Gasteiger partial charge in [-0.3, -0.25) is 14.4 Å². The summed E-state index contributed by atoms with van der Waals surface area (Å²) < 4.78 is 30.5. The van der Waals surface area contributed by atoms with Crippen molar-refractivity contribution in [1.29, 1.82) is 0 Å². The molecule has 1 N–H and O–H groups in total. The van der Waals surface area contributed by atoms with Crippen LogP contribution in [0.1, 0.15) is 24.8 Å². The second kappa shape index (κ2) is 9.44. The topological polar surface area (TPSA) is 93.5 Å². The van der Waals surface area contributed by atoms with Crippen LogP contribution in [0.4, 0.5) is 5.69 Å². The predicted octanol–water partition coefficient (Wildman–Crippen LogP) is 3.49. The van der Waals surface area contributed by atoms with Crippen LogP contribution < -0.4 is 10.1 Å². The number of carbonyl (C=O) groups excluding carboxylic acids is 1. The molecule has 2 aliphatic rings. The third kappa shape index (κ3) is 5.03. The van der Waals surface area contributed by atoms with Crippen LogP contribution in [0.15, 0.2) is 42.6 Å². The van der Waals surface area contributed by atoms with Gasteiger partial charge in [-0.15, -0.1) is 0 Å². The van der Waals surface area contributed by atoms with Crippen molar-refractivity contribution in [3.05, 3.63) is 53.2 Å². The number of aryl methyl sites for hydroxylation is 1. The number of sulfone groups is 1. The maximum atomic E-state index is 12.8. The molecule has 0 unspecified atom stereocenters. The first kappa shape index (κ1) is 24.1. The smallest absolute Gasteiger partial charge is 0.235 e. The van der Waals surface area contributed by atoms with Gasteiger partial charge in [0, 0.05) is 35.4 Å². The molecule has 0 radical (unpaired) electrons. The Kier molecular flexibility index (Phi) is 6.50. The van der Waals surface area contributed by atoms with E-state index < -0.39 is 15.3 Å². The number of aromatic nitrogens is 2. The SMILES string of the molecule is CS(=O)(=O)CCCn1ncc2cc(OCCN3CCC4(CC3)C(=O)Nc3ccc(Cl)cc34)ccc21. The lowest BCUT2D eigenvalue weighted by atomic mass is 9.73. The normalized spacial score (nSPS) is 17.6. The van der Waals surface area contributed by atoms with Crippen molar-refractivity contribution in [3.8, 4) is 5.75 Å². The first-order valence-corrected chi connectivity index (χ1v) is 14.3. The predicted molar refractivity (Wildman–Crippen MR) is 137 cm³/mol. The van der Waals surface area contributed by atoms with Crippen LogP contribution in [0.3, 0.4) is 0 Å². The maximum Gasteiger partial charge on any atom is 0.235 e. The molecule has 1 saturated heterocycles. The first-order valence-electron chi connectivity index (χ1n) is 11.8. The zero-order valence-electron chi connectivity index (χ0n) is 19.7. The van der Waals surface area contributed by atoms with Gasteiger partial charge in [0.1, 0.15) is 22.2 Å². The lowest BCUT2D eigenvalue weighted by molar-refractivity contribution is -0.122. The molecular formula is C25H29ClN4O4S. The molecule has 8 nitrogen and oxygen atoms in total. The molecule has 2 aliphatic heterocycles. The number of carbonyl (C=O) groups is 1. The molecular weight excluding hydrogens is 488 g/mol. The zero-order chi connectivity index (χ0) is 24.6. The van der Waals surface area contributed by atoms with E-state index in [0.717, 1.165) is 60.4 Å². The quantitative estimate of drug-likeness (QED) is 0.492. The van der Waals surface area contributed by atoms with Crippen molar-refractivity contribution in [3.63, 3.8) is 0 Å². The molecule has 1 fully saturated rings. The number of amides is 1. The number of nitrogens with zero attached hydrogens (tertiary/aromatic N) is 3. The fourth-order valence-corrected chi connectivity index (χ4v) is 5.97. The number of halogens is 1. The van der Waals surface area contributed by atoms with Gasteiger partial charge in [0.2, 0.25) is 5.91 Å². The van der Waals surface area contributed by atoms with Crippen LogP contribution in [0.2, 0.25) is 5.02 Å². The fourth-order valence-electron chi connectivity index (χ4n) is 5.14. The van der Waals surface area contributed by atoms with Crippen molar-refractivity contribution in [2.75, 3.05) is 43.6 Å². The van der Waals surface area contributed by atoms with Gasteiger partial charge in [0.25, 0.3) is 0 Å². The number of hydrogen-bond acceptors (Lipinski definition) is 6. The molecule has 2 aromatic carbocycles. The highest BCUT2D eigenvalue weighted by atomic mass is 35.5. The molecule has 10 heteroatoms. The van der Waals surface area contributed by atoms with Crippen molar-refractivity contribution in [1.82, 2.24) is 14.7 Å². The van der Waals surface area contributed by atoms with Gasteiger partial charge >= 0.3 is 0 Å². The van der Waals surface area contributed by atoms with E-state index in [9.17, 15) is 13.2 Å². The number of likely N-dealkylation sites (tertiary alicyclic amines) is 1. The van der Waals surface area contributed by atoms with E-state index in [1.807, 2.05) is 41.1 Å². The van der Waals surface area contributed by atoms with E-state index in [-0.39, 0.29) is 11.7 Å². The summed E-state index contributed by atoms with van der Waals surface area (Å²) in [6.07, 6.45) is 5.09. The number of rotatable bonds is 8. The van der Waals surface area contributed by atoms with Crippen molar-refractivity contribution < 1.29 is 17.9 Å². The van der Waals surface area contributed by atoms with E-state index >= 15 is 0 Å². The number of anilines is 1. The monoisotopic (exact) mass is 516 g/mol. The van der Waals surface area contributed by atoms with Gasteiger partial charge in [0.15, 0.2) is 0 Å². The number of nitrogens with one attached hydrogen (secondary N) is 1. The zero-order valence-corrected chi connectivity index (χ0v) is 21.2. The molecule has 3 aromatic rings. The first-order chi connectivity index (χ1) is 16.7. The molecule has 0 atom stereocenters. The Labute approximate surface area is 210 Å². The number of ether oxygens (including phenoxy) is 1. The molecule has 1 amide bonds. The molecule has 1 spiro atoms. The summed E-state index contributed by atoms with van der Waals surface area (Å²) in [5.41, 5.74) is 2.38. The van der Waals surface area contributed by atoms with Crippen LogP contribution in [-0.4, -0.2) is 67.3 Å². The summed E-state index contributed by atoms with van der Waals surface area (Å²) in [5.74, 6) is 1.01. The standard InChI is InChI=1S/C25H29ClN4O4S/c1-35(32,33)14-2-9-30-23-6-4-20(15-18(23)17-27-30)34-13-12-29-10-7-25(8-11-29)21-16-19(26)3-5-22(21)28-24(25)31/h3-6,15-17H,2,7-14H2,1H3,(H,28,31). The van der Waals surface area contributed by atoms with Gasteiger partial charge in [-0.1, -0.05) is 11.6 Å². The lowest BCUT2D eigenvalue weighted by Gasteiger charge is -2.37. The highest BCUT2D eigenvalue weighted by Gasteiger charge is 2.48. The van der Waals surface area contributed by atoms with E-state index in [2.05, 4.69) is 15.3 Å². The summed E-state index contributed by atoms with van der Waals surface area (Å²) in [5, 5.41) is 9.04. The second-order valence-electron chi connectivity index (χ2n) is 9.49. The van der Waals surface area contributed by atoms with Crippen molar-refractivity contribution >= 4 is 43.9 Å². The number of hydrogen-bond donors (Lipinski definition) is 1. The molecule has 5 rings (SSSR count). The third-order valence-electron chi connectivity index (χ3n) is 7.06. The summed E-state index contributed by atoms with van der Waals surface area (Å²) in [7, 11) is -2.97. The van der Waals surface area contributed by atoms with Gasteiger partial charge in [-0.05, 0) is 74.3 Å². The number of benzene rings is 2. The van der Waals surface area contributed by atoms with E-state index in [0.29, 0.717) is 24.6 Å². The van der Waals surface area contributed by atoms with Crippen LogP contribution in [-0.2, 0) is 26.6 Å². The Morgan fingerprint density at radius 1 is 1.14 bits per heavy atom. The van der Waals surface area contributed by atoms with Crippen LogP contribution >= 0.6 is 11.6 Å². The molecule has 35 heavy (non-hydrogen) atoms. The number of fused-ring (bicyclic) bond motifs is 3. The summed E-state index contributed by atoms with van der Waals surface area (Å²) in [4.78, 5) is 15.1. The van der Waals surface area contributed by atoms with E-state index in [1.165, 1.54) is 6.26 Å². The van der Waals surface area contributed by atoms with Crippen LogP contribution in [0, 0.1) is 0 Å². The molecule has 3 heterocycles. The van der Waals surface area contributed by atoms with Crippen molar-refractivity contribution in [2.24, 2.45) is 0 Å². The Hall–Kier alpha value is -2.62. The van der Waals surface area contributed by atoms with Gasteiger partial charge in [0.05, 0.1) is 22.9 Å². The molecule has 0 saturated carbocycles. The molecule has 0 aliphatic carbocycles. The highest BCUT2D eigenvalue weighted by molar-refractivity contribution is 7.90. The Balaban J connectivity index is 1.13. The largest absolute Gasteiger partial charge is 0.492 e.